The van der Waals surface area contributed by atoms with E-state index < -0.39 is 0 Å². The van der Waals surface area contributed by atoms with Crippen LogP contribution in [0.5, 0.6) is 0 Å². The van der Waals surface area contributed by atoms with E-state index in [0.717, 1.165) is 50.9 Å². The van der Waals surface area contributed by atoms with E-state index in [1.165, 1.54) is 0 Å². The van der Waals surface area contributed by atoms with Crippen molar-refractivity contribution in [1.29, 1.82) is 0 Å². The van der Waals surface area contributed by atoms with E-state index in [2.05, 4.69) is 15.6 Å². The molecule has 2 atom stereocenters. The van der Waals surface area contributed by atoms with Crippen molar-refractivity contribution in [1.82, 2.24) is 25.2 Å². The van der Waals surface area contributed by atoms with Crippen molar-refractivity contribution in [3.05, 3.63) is 11.9 Å². The third kappa shape index (κ3) is 4.09. The molecule has 23 heavy (non-hydrogen) atoms. The van der Waals surface area contributed by atoms with Crippen molar-refractivity contribution >= 4 is 11.8 Å². The van der Waals surface area contributed by atoms with Crippen molar-refractivity contribution in [2.24, 2.45) is 5.92 Å². The Morgan fingerprint density at radius 2 is 2.22 bits per heavy atom. The molecule has 1 aliphatic carbocycles. The SMILES string of the molecule is CC(=O)N[C@@H]1CCC[C@@H]1Cn1cc(CN2CCCCC2=O)nn1. The van der Waals surface area contributed by atoms with Crippen LogP contribution in [0.4, 0.5) is 0 Å². The summed E-state index contributed by atoms with van der Waals surface area (Å²) in [7, 11) is 0. The summed E-state index contributed by atoms with van der Waals surface area (Å²) >= 11 is 0. The van der Waals surface area contributed by atoms with Gasteiger partial charge < -0.3 is 10.2 Å². The first-order valence-electron chi connectivity index (χ1n) is 8.55. The molecule has 1 aliphatic heterocycles. The van der Waals surface area contributed by atoms with Crippen molar-refractivity contribution < 1.29 is 9.59 Å². The van der Waals surface area contributed by atoms with E-state index in [1.807, 2.05) is 15.8 Å². The third-order valence-electron chi connectivity index (χ3n) is 4.83. The lowest BCUT2D eigenvalue weighted by molar-refractivity contribution is -0.133. The molecule has 1 N–H and O–H groups in total. The van der Waals surface area contributed by atoms with E-state index >= 15 is 0 Å². The van der Waals surface area contributed by atoms with Crippen LogP contribution in [0.1, 0.15) is 51.1 Å². The molecule has 1 saturated heterocycles. The summed E-state index contributed by atoms with van der Waals surface area (Å²) in [6.45, 7) is 3.71. The van der Waals surface area contributed by atoms with E-state index in [4.69, 9.17) is 0 Å². The number of hydrogen-bond donors (Lipinski definition) is 1. The summed E-state index contributed by atoms with van der Waals surface area (Å²) in [5, 5.41) is 11.4. The molecular formula is C16H25N5O2. The predicted molar refractivity (Wildman–Crippen MR) is 84.2 cm³/mol. The average Bonchev–Trinajstić information content (AvgIpc) is 3.12. The van der Waals surface area contributed by atoms with Gasteiger partial charge in [0, 0.05) is 32.5 Å². The Hall–Kier alpha value is -1.92. The maximum absolute atomic E-state index is 11.9. The van der Waals surface area contributed by atoms with Gasteiger partial charge in [0.25, 0.3) is 0 Å². The minimum absolute atomic E-state index is 0.0322. The van der Waals surface area contributed by atoms with Crippen LogP contribution in [0.25, 0.3) is 0 Å². The highest BCUT2D eigenvalue weighted by atomic mass is 16.2. The van der Waals surface area contributed by atoms with Crippen LogP contribution in [0.3, 0.4) is 0 Å². The number of aromatic nitrogens is 3. The summed E-state index contributed by atoms with van der Waals surface area (Å²) in [4.78, 5) is 25.0. The molecule has 0 spiro atoms. The number of nitrogens with zero attached hydrogens (tertiary/aromatic N) is 4. The fourth-order valence-corrected chi connectivity index (χ4v) is 3.67. The third-order valence-corrected chi connectivity index (χ3v) is 4.83. The minimum Gasteiger partial charge on any atom is -0.353 e. The standard InChI is InChI=1S/C16H25N5O2/c1-12(22)17-15-6-4-5-13(15)9-21-11-14(18-19-21)10-20-8-3-2-7-16(20)23/h11,13,15H,2-10H2,1H3,(H,17,22)/t13-,15-/m1/s1. The molecule has 0 unspecified atom stereocenters. The van der Waals surface area contributed by atoms with Gasteiger partial charge in [-0.15, -0.1) is 5.10 Å². The van der Waals surface area contributed by atoms with Gasteiger partial charge in [-0.3, -0.25) is 14.3 Å². The Bertz CT molecular complexity index is 571. The van der Waals surface area contributed by atoms with Crippen molar-refractivity contribution in [3.8, 4) is 0 Å². The fraction of sp³-hybridized carbons (Fsp3) is 0.750. The van der Waals surface area contributed by atoms with Crippen molar-refractivity contribution in [2.45, 2.75) is 64.6 Å². The minimum atomic E-state index is 0.0322. The molecule has 1 aromatic heterocycles. The average molecular weight is 319 g/mol. The van der Waals surface area contributed by atoms with E-state index in [9.17, 15) is 9.59 Å². The maximum Gasteiger partial charge on any atom is 0.222 e. The number of rotatable bonds is 5. The number of piperidine rings is 1. The normalized spacial score (nSPS) is 24.9. The second-order valence-electron chi connectivity index (χ2n) is 6.70. The quantitative estimate of drug-likeness (QED) is 0.881. The number of hydrogen-bond acceptors (Lipinski definition) is 4. The zero-order chi connectivity index (χ0) is 16.2. The molecular weight excluding hydrogens is 294 g/mol. The molecule has 2 heterocycles. The summed E-state index contributed by atoms with van der Waals surface area (Å²) in [5.74, 6) is 0.655. The summed E-state index contributed by atoms with van der Waals surface area (Å²) in [6, 6.07) is 0.240. The van der Waals surface area contributed by atoms with Crippen LogP contribution in [0.15, 0.2) is 6.20 Å². The second kappa shape index (κ2) is 7.10. The molecule has 1 aromatic rings. The molecule has 7 nitrogen and oxygen atoms in total. The van der Waals surface area contributed by atoms with Crippen molar-refractivity contribution in [2.75, 3.05) is 6.54 Å². The van der Waals surface area contributed by atoms with Crippen LogP contribution >= 0.6 is 0 Å². The van der Waals surface area contributed by atoms with E-state index in [-0.39, 0.29) is 17.9 Å². The first kappa shape index (κ1) is 16.0. The monoisotopic (exact) mass is 319 g/mol. The zero-order valence-electron chi connectivity index (χ0n) is 13.7. The molecule has 2 aliphatic rings. The number of likely N-dealkylation sites (tertiary alicyclic amines) is 1. The number of nitrogens with one attached hydrogen (secondary N) is 1. The molecule has 3 rings (SSSR count). The molecule has 0 bridgehead atoms. The van der Waals surface area contributed by atoms with Crippen LogP contribution in [0.2, 0.25) is 0 Å². The van der Waals surface area contributed by atoms with Gasteiger partial charge in [0.2, 0.25) is 11.8 Å². The molecule has 126 valence electrons. The zero-order valence-corrected chi connectivity index (χ0v) is 13.7. The molecule has 0 aromatic carbocycles. The van der Waals surface area contributed by atoms with Gasteiger partial charge in [0.1, 0.15) is 5.69 Å². The van der Waals surface area contributed by atoms with Crippen LogP contribution in [0, 0.1) is 5.92 Å². The topological polar surface area (TPSA) is 80.1 Å². The van der Waals surface area contributed by atoms with Crippen LogP contribution in [-0.2, 0) is 22.7 Å². The Morgan fingerprint density at radius 3 is 3.00 bits per heavy atom. The largest absolute Gasteiger partial charge is 0.353 e. The van der Waals surface area contributed by atoms with E-state index in [0.29, 0.717) is 18.9 Å². The first-order valence-corrected chi connectivity index (χ1v) is 8.55. The van der Waals surface area contributed by atoms with Gasteiger partial charge >= 0.3 is 0 Å². The Morgan fingerprint density at radius 1 is 1.35 bits per heavy atom. The molecule has 2 amide bonds. The second-order valence-corrected chi connectivity index (χ2v) is 6.70. The Labute approximate surface area is 136 Å². The first-order chi connectivity index (χ1) is 11.1. The van der Waals surface area contributed by atoms with Gasteiger partial charge in [0.05, 0.1) is 12.7 Å². The smallest absolute Gasteiger partial charge is 0.222 e. The highest BCUT2D eigenvalue weighted by Crippen LogP contribution is 2.27. The number of carbonyl (C=O) groups is 2. The van der Waals surface area contributed by atoms with E-state index in [1.54, 1.807) is 6.92 Å². The number of amides is 2. The Balaban J connectivity index is 1.56. The fourth-order valence-electron chi connectivity index (χ4n) is 3.67. The van der Waals surface area contributed by atoms with Gasteiger partial charge in [-0.25, -0.2) is 0 Å². The maximum atomic E-state index is 11.9. The lowest BCUT2D eigenvalue weighted by atomic mass is 10.0. The summed E-state index contributed by atoms with van der Waals surface area (Å²) < 4.78 is 1.86. The molecule has 2 fully saturated rings. The number of carbonyl (C=O) groups excluding carboxylic acids is 2. The summed E-state index contributed by atoms with van der Waals surface area (Å²) in [5.41, 5.74) is 0.842. The summed E-state index contributed by atoms with van der Waals surface area (Å²) in [6.07, 6.45) is 7.92. The lowest BCUT2D eigenvalue weighted by Gasteiger charge is -2.25. The van der Waals surface area contributed by atoms with Gasteiger partial charge in [-0.05, 0) is 31.6 Å². The van der Waals surface area contributed by atoms with Gasteiger partial charge in [-0.1, -0.05) is 11.6 Å². The van der Waals surface area contributed by atoms with Crippen LogP contribution < -0.4 is 5.32 Å². The molecule has 1 saturated carbocycles. The highest BCUT2D eigenvalue weighted by Gasteiger charge is 2.28. The predicted octanol–water partition coefficient (Wildman–Crippen LogP) is 1.10. The van der Waals surface area contributed by atoms with Crippen LogP contribution in [-0.4, -0.2) is 44.3 Å². The van der Waals surface area contributed by atoms with Crippen molar-refractivity contribution in [3.63, 3.8) is 0 Å². The molecule has 0 radical (unpaired) electrons. The van der Waals surface area contributed by atoms with Gasteiger partial charge in [0.15, 0.2) is 0 Å². The van der Waals surface area contributed by atoms with Gasteiger partial charge in [-0.2, -0.15) is 0 Å². The highest BCUT2D eigenvalue weighted by molar-refractivity contribution is 5.76. The Kier molecular flexibility index (Phi) is 4.93. The molecule has 7 heteroatoms. The lowest BCUT2D eigenvalue weighted by Crippen LogP contribution is -2.37.